The molecule has 1 aliphatic rings. The molecule has 2 rings (SSSR count). The summed E-state index contributed by atoms with van der Waals surface area (Å²) >= 11 is 0. The summed E-state index contributed by atoms with van der Waals surface area (Å²) < 4.78 is 0. The molecule has 0 radical (unpaired) electrons. The maximum absolute atomic E-state index is 4.34. The van der Waals surface area contributed by atoms with E-state index in [0.29, 0.717) is 0 Å². The van der Waals surface area contributed by atoms with Crippen molar-refractivity contribution in [3.8, 4) is 0 Å². The Morgan fingerprint density at radius 3 is 2.91 bits per heavy atom. The van der Waals surface area contributed by atoms with E-state index >= 15 is 0 Å². The minimum atomic E-state index is 0.768. The first-order chi connectivity index (χ1) is 11.3. The minimum absolute atomic E-state index is 0.768. The summed E-state index contributed by atoms with van der Waals surface area (Å²) in [5.74, 6) is 0.881. The molecule has 23 heavy (non-hydrogen) atoms. The molecule has 2 heterocycles. The third-order valence-electron chi connectivity index (χ3n) is 4.54. The van der Waals surface area contributed by atoms with E-state index in [4.69, 9.17) is 0 Å². The first-order valence-corrected chi connectivity index (χ1v) is 8.92. The molecule has 0 spiro atoms. The van der Waals surface area contributed by atoms with E-state index in [9.17, 15) is 0 Å². The van der Waals surface area contributed by atoms with Gasteiger partial charge in [-0.15, -0.1) is 0 Å². The minimum Gasteiger partial charge on any atom is -0.356 e. The first-order valence-electron chi connectivity index (χ1n) is 8.92. The zero-order valence-electron chi connectivity index (χ0n) is 14.6. The van der Waals surface area contributed by atoms with Gasteiger partial charge >= 0.3 is 0 Å². The van der Waals surface area contributed by atoms with Crippen LogP contribution >= 0.6 is 0 Å². The fourth-order valence-electron chi connectivity index (χ4n) is 3.21. The van der Waals surface area contributed by atoms with Crippen molar-refractivity contribution in [3.63, 3.8) is 0 Å². The molecule has 128 valence electrons. The number of pyridine rings is 1. The van der Waals surface area contributed by atoms with Crippen LogP contribution in [0.4, 0.5) is 0 Å². The number of piperidine rings is 1. The molecule has 5 heteroatoms. The Morgan fingerprint density at radius 2 is 2.17 bits per heavy atom. The highest BCUT2D eigenvalue weighted by molar-refractivity contribution is 5.79. The lowest BCUT2D eigenvalue weighted by Crippen LogP contribution is -2.46. The van der Waals surface area contributed by atoms with Crippen molar-refractivity contribution in [3.05, 3.63) is 30.1 Å². The van der Waals surface area contributed by atoms with Crippen molar-refractivity contribution in [2.24, 2.45) is 4.99 Å². The van der Waals surface area contributed by atoms with Crippen LogP contribution in [0.2, 0.25) is 0 Å². The van der Waals surface area contributed by atoms with Gasteiger partial charge in [0, 0.05) is 51.0 Å². The molecule has 1 aromatic rings. The largest absolute Gasteiger partial charge is 0.356 e. The molecule has 0 saturated carbocycles. The van der Waals surface area contributed by atoms with Crippen LogP contribution in [-0.2, 0) is 6.42 Å². The summed E-state index contributed by atoms with van der Waals surface area (Å²) in [6.45, 7) is 6.43. The van der Waals surface area contributed by atoms with E-state index in [2.05, 4.69) is 38.5 Å². The molecule has 5 nitrogen and oxygen atoms in total. The summed E-state index contributed by atoms with van der Waals surface area (Å²) in [5, 5.41) is 6.79. The number of rotatable bonds is 7. The third-order valence-corrected chi connectivity index (χ3v) is 4.54. The smallest absolute Gasteiger partial charge is 0.191 e. The molecular formula is C18H31N5. The highest BCUT2D eigenvalue weighted by Crippen LogP contribution is 2.18. The summed E-state index contributed by atoms with van der Waals surface area (Å²) in [7, 11) is 1.83. The average molecular weight is 317 g/mol. The lowest BCUT2D eigenvalue weighted by molar-refractivity contribution is 0.147. The summed E-state index contributed by atoms with van der Waals surface area (Å²) in [6, 6.07) is 6.79. The second-order valence-corrected chi connectivity index (χ2v) is 6.09. The second kappa shape index (κ2) is 10.2. The van der Waals surface area contributed by atoms with Gasteiger partial charge in [-0.3, -0.25) is 14.9 Å². The topological polar surface area (TPSA) is 52.5 Å². The Kier molecular flexibility index (Phi) is 7.87. The Bertz CT molecular complexity index is 460. The van der Waals surface area contributed by atoms with Gasteiger partial charge in [-0.2, -0.15) is 0 Å². The highest BCUT2D eigenvalue weighted by atomic mass is 15.2. The predicted octanol–water partition coefficient (Wildman–Crippen LogP) is 2.05. The number of nitrogens with zero attached hydrogens (tertiary/aromatic N) is 3. The van der Waals surface area contributed by atoms with Crippen LogP contribution in [-0.4, -0.2) is 55.1 Å². The average Bonchev–Trinajstić information content (AvgIpc) is 2.61. The maximum Gasteiger partial charge on any atom is 0.191 e. The van der Waals surface area contributed by atoms with E-state index in [0.717, 1.165) is 43.8 Å². The molecule has 1 atom stereocenters. The molecule has 0 aliphatic carbocycles. The van der Waals surface area contributed by atoms with Gasteiger partial charge in [0.25, 0.3) is 0 Å². The Labute approximate surface area is 140 Å². The molecular weight excluding hydrogens is 286 g/mol. The number of aliphatic imine (C=N–C) groups is 1. The van der Waals surface area contributed by atoms with E-state index in [1.54, 1.807) is 0 Å². The van der Waals surface area contributed by atoms with E-state index in [1.807, 2.05) is 25.4 Å². The van der Waals surface area contributed by atoms with Gasteiger partial charge in [0.05, 0.1) is 0 Å². The van der Waals surface area contributed by atoms with Gasteiger partial charge in [0.15, 0.2) is 5.96 Å². The molecule has 1 fully saturated rings. The van der Waals surface area contributed by atoms with Gasteiger partial charge in [-0.05, 0) is 37.9 Å². The van der Waals surface area contributed by atoms with E-state index in [-0.39, 0.29) is 0 Å². The van der Waals surface area contributed by atoms with Crippen molar-refractivity contribution >= 4 is 5.96 Å². The summed E-state index contributed by atoms with van der Waals surface area (Å²) in [6.07, 6.45) is 8.09. The Morgan fingerprint density at radius 1 is 1.30 bits per heavy atom. The Hall–Kier alpha value is -1.62. The summed E-state index contributed by atoms with van der Waals surface area (Å²) in [5.41, 5.74) is 1.11. The normalized spacial score (nSPS) is 19.6. The molecule has 0 aromatic carbocycles. The maximum atomic E-state index is 4.34. The number of nitrogens with one attached hydrogen (secondary N) is 2. The van der Waals surface area contributed by atoms with Crippen molar-refractivity contribution < 1.29 is 0 Å². The molecule has 1 saturated heterocycles. The van der Waals surface area contributed by atoms with Crippen LogP contribution in [0.3, 0.4) is 0 Å². The van der Waals surface area contributed by atoms with E-state index < -0.39 is 0 Å². The molecule has 1 aliphatic heterocycles. The van der Waals surface area contributed by atoms with Gasteiger partial charge in [-0.1, -0.05) is 19.4 Å². The van der Waals surface area contributed by atoms with Crippen molar-refractivity contribution in [2.45, 2.75) is 45.1 Å². The van der Waals surface area contributed by atoms with Crippen LogP contribution in [0.25, 0.3) is 0 Å². The quantitative estimate of drug-likeness (QED) is 0.597. The van der Waals surface area contributed by atoms with Gasteiger partial charge < -0.3 is 10.6 Å². The molecule has 0 amide bonds. The standard InChI is InChI=1S/C18H31N5/c1-3-17-9-5-7-14-23(17)15-13-22-18(19-2)21-12-10-16-8-4-6-11-20-16/h4,6,8,11,17H,3,5,7,9-10,12-15H2,1-2H3,(H2,19,21,22). The molecule has 1 unspecified atom stereocenters. The Balaban J connectivity index is 1.64. The lowest BCUT2D eigenvalue weighted by Gasteiger charge is -2.35. The van der Waals surface area contributed by atoms with Crippen molar-refractivity contribution in [2.75, 3.05) is 33.2 Å². The second-order valence-electron chi connectivity index (χ2n) is 6.09. The van der Waals surface area contributed by atoms with Crippen LogP contribution in [0.1, 0.15) is 38.3 Å². The van der Waals surface area contributed by atoms with Gasteiger partial charge in [-0.25, -0.2) is 0 Å². The monoisotopic (exact) mass is 317 g/mol. The zero-order chi connectivity index (χ0) is 16.3. The van der Waals surface area contributed by atoms with Gasteiger partial charge in [0.2, 0.25) is 0 Å². The summed E-state index contributed by atoms with van der Waals surface area (Å²) in [4.78, 5) is 11.3. The van der Waals surface area contributed by atoms with Gasteiger partial charge in [0.1, 0.15) is 0 Å². The van der Waals surface area contributed by atoms with E-state index in [1.165, 1.54) is 32.2 Å². The number of likely N-dealkylation sites (tertiary alicyclic amines) is 1. The van der Waals surface area contributed by atoms with Crippen molar-refractivity contribution in [1.82, 2.24) is 20.5 Å². The van der Waals surface area contributed by atoms with Crippen LogP contribution in [0.5, 0.6) is 0 Å². The number of guanidine groups is 1. The molecule has 1 aromatic heterocycles. The fourth-order valence-corrected chi connectivity index (χ4v) is 3.21. The van der Waals surface area contributed by atoms with Crippen LogP contribution < -0.4 is 10.6 Å². The SMILES string of the molecule is CCC1CCCCN1CCNC(=NC)NCCc1ccccn1. The fraction of sp³-hybridized carbons (Fsp3) is 0.667. The highest BCUT2D eigenvalue weighted by Gasteiger charge is 2.19. The lowest BCUT2D eigenvalue weighted by atomic mass is 10.0. The number of hydrogen-bond donors (Lipinski definition) is 2. The predicted molar refractivity (Wildman–Crippen MR) is 96.8 cm³/mol. The molecule has 0 bridgehead atoms. The van der Waals surface area contributed by atoms with Crippen LogP contribution in [0.15, 0.2) is 29.4 Å². The van der Waals surface area contributed by atoms with Crippen LogP contribution in [0, 0.1) is 0 Å². The number of hydrogen-bond acceptors (Lipinski definition) is 3. The first kappa shape index (κ1) is 17.7. The zero-order valence-corrected chi connectivity index (χ0v) is 14.6. The van der Waals surface area contributed by atoms with Crippen molar-refractivity contribution in [1.29, 1.82) is 0 Å². The number of aromatic nitrogens is 1. The third kappa shape index (κ3) is 6.18. The molecule has 2 N–H and O–H groups in total.